The van der Waals surface area contributed by atoms with Gasteiger partial charge in [-0.25, -0.2) is 4.79 Å². The van der Waals surface area contributed by atoms with Crippen LogP contribution in [0.3, 0.4) is 0 Å². The van der Waals surface area contributed by atoms with E-state index >= 15 is 0 Å². The predicted octanol–water partition coefficient (Wildman–Crippen LogP) is 0.340. The van der Waals surface area contributed by atoms with Crippen molar-refractivity contribution < 1.29 is 18.7 Å². The standard InChI is InChI=1S/C15H15N5O4/c1-15(7-20(8-15)12(21)10-6-23-14(22)17-10)13-19-18-11(24-13)9-4-2-3-5-16-9/h2-5,10H,6-8H2,1H3,(H,17,22). The molecule has 2 fully saturated rings. The van der Waals surface area contributed by atoms with E-state index < -0.39 is 17.6 Å². The third-order valence-corrected chi connectivity index (χ3v) is 4.19. The van der Waals surface area contributed by atoms with Crippen molar-refractivity contribution in [1.29, 1.82) is 0 Å². The van der Waals surface area contributed by atoms with Crippen LogP contribution in [0.1, 0.15) is 12.8 Å². The number of alkyl carbamates (subject to hydrolysis) is 1. The van der Waals surface area contributed by atoms with Crippen LogP contribution in [0.15, 0.2) is 28.8 Å². The number of carbonyl (C=O) groups is 2. The second-order valence-corrected chi connectivity index (χ2v) is 6.18. The molecule has 4 heterocycles. The lowest BCUT2D eigenvalue weighted by atomic mass is 9.81. The Morgan fingerprint density at radius 3 is 2.88 bits per heavy atom. The molecule has 0 aliphatic carbocycles. The molecule has 0 saturated carbocycles. The van der Waals surface area contributed by atoms with Crippen molar-refractivity contribution in [2.24, 2.45) is 0 Å². The zero-order valence-electron chi connectivity index (χ0n) is 12.9. The Kier molecular flexibility index (Phi) is 3.22. The lowest BCUT2D eigenvalue weighted by Gasteiger charge is -2.46. The molecule has 0 bridgehead atoms. The van der Waals surface area contributed by atoms with E-state index in [-0.39, 0.29) is 12.5 Å². The van der Waals surface area contributed by atoms with E-state index in [4.69, 9.17) is 9.15 Å². The lowest BCUT2D eigenvalue weighted by molar-refractivity contribution is -0.141. The van der Waals surface area contributed by atoms with Crippen molar-refractivity contribution in [2.75, 3.05) is 19.7 Å². The molecule has 9 nitrogen and oxygen atoms in total. The zero-order chi connectivity index (χ0) is 16.7. The van der Waals surface area contributed by atoms with Crippen LogP contribution in [0.5, 0.6) is 0 Å². The van der Waals surface area contributed by atoms with Gasteiger partial charge >= 0.3 is 6.09 Å². The first kappa shape index (κ1) is 14.6. The fourth-order valence-electron chi connectivity index (χ4n) is 2.89. The van der Waals surface area contributed by atoms with Gasteiger partial charge in [0.1, 0.15) is 18.3 Å². The molecule has 2 aliphatic rings. The van der Waals surface area contributed by atoms with Gasteiger partial charge in [-0.05, 0) is 19.1 Å². The van der Waals surface area contributed by atoms with Crippen LogP contribution in [-0.4, -0.2) is 57.8 Å². The molecule has 2 aliphatic heterocycles. The summed E-state index contributed by atoms with van der Waals surface area (Å²) >= 11 is 0. The van der Waals surface area contributed by atoms with Crippen LogP contribution in [0.2, 0.25) is 0 Å². The number of nitrogens with zero attached hydrogens (tertiary/aromatic N) is 4. The maximum atomic E-state index is 12.3. The van der Waals surface area contributed by atoms with Crippen molar-refractivity contribution in [3.05, 3.63) is 30.3 Å². The minimum Gasteiger partial charge on any atom is -0.447 e. The van der Waals surface area contributed by atoms with E-state index in [1.807, 2.05) is 19.1 Å². The second-order valence-electron chi connectivity index (χ2n) is 6.18. The summed E-state index contributed by atoms with van der Waals surface area (Å²) in [6, 6.07) is 4.83. The van der Waals surface area contributed by atoms with E-state index in [0.717, 1.165) is 0 Å². The van der Waals surface area contributed by atoms with Gasteiger partial charge in [0.2, 0.25) is 11.8 Å². The summed E-state index contributed by atoms with van der Waals surface area (Å²) in [5, 5.41) is 10.6. The molecule has 2 aromatic rings. The molecule has 0 spiro atoms. The Hall–Kier alpha value is -2.97. The zero-order valence-corrected chi connectivity index (χ0v) is 12.9. The molecule has 2 saturated heterocycles. The third-order valence-electron chi connectivity index (χ3n) is 4.19. The molecular formula is C15H15N5O4. The Labute approximate surface area is 137 Å². The monoisotopic (exact) mass is 329 g/mol. The van der Waals surface area contributed by atoms with Gasteiger partial charge in [0, 0.05) is 19.3 Å². The van der Waals surface area contributed by atoms with Gasteiger partial charge in [-0.15, -0.1) is 10.2 Å². The largest absolute Gasteiger partial charge is 0.447 e. The summed E-state index contributed by atoms with van der Waals surface area (Å²) in [5.41, 5.74) is 0.206. The van der Waals surface area contributed by atoms with E-state index in [0.29, 0.717) is 30.6 Å². The molecule has 4 rings (SSSR count). The lowest BCUT2D eigenvalue weighted by Crippen LogP contribution is -2.63. The van der Waals surface area contributed by atoms with Crippen LogP contribution < -0.4 is 5.32 Å². The quantitative estimate of drug-likeness (QED) is 0.864. The maximum Gasteiger partial charge on any atom is 0.407 e. The Bertz CT molecular complexity index is 784. The van der Waals surface area contributed by atoms with Crippen molar-refractivity contribution in [3.8, 4) is 11.6 Å². The van der Waals surface area contributed by atoms with Gasteiger partial charge in [0.25, 0.3) is 5.89 Å². The summed E-state index contributed by atoms with van der Waals surface area (Å²) in [6.07, 6.45) is 1.09. The van der Waals surface area contributed by atoms with E-state index in [9.17, 15) is 9.59 Å². The summed E-state index contributed by atoms with van der Waals surface area (Å²) < 4.78 is 10.5. The molecular weight excluding hydrogens is 314 g/mol. The number of aromatic nitrogens is 3. The minimum atomic E-state index is -0.617. The fraction of sp³-hybridized carbons (Fsp3) is 0.400. The minimum absolute atomic E-state index is 0.0647. The molecule has 2 amide bonds. The Balaban J connectivity index is 1.44. The van der Waals surface area contributed by atoms with Crippen molar-refractivity contribution in [1.82, 2.24) is 25.4 Å². The van der Waals surface area contributed by atoms with Crippen molar-refractivity contribution in [2.45, 2.75) is 18.4 Å². The van der Waals surface area contributed by atoms with Gasteiger partial charge in [0.05, 0.1) is 5.41 Å². The molecule has 1 unspecified atom stereocenters. The molecule has 2 aromatic heterocycles. The van der Waals surface area contributed by atoms with Gasteiger partial charge in [-0.3, -0.25) is 9.78 Å². The highest BCUT2D eigenvalue weighted by Crippen LogP contribution is 2.34. The van der Waals surface area contributed by atoms with E-state index in [1.54, 1.807) is 17.2 Å². The highest BCUT2D eigenvalue weighted by atomic mass is 16.6. The number of nitrogens with one attached hydrogen (secondary N) is 1. The summed E-state index contributed by atoms with van der Waals surface area (Å²) in [7, 11) is 0. The molecule has 1 N–H and O–H groups in total. The Morgan fingerprint density at radius 1 is 1.38 bits per heavy atom. The number of rotatable bonds is 3. The van der Waals surface area contributed by atoms with Crippen molar-refractivity contribution in [3.63, 3.8) is 0 Å². The summed E-state index contributed by atoms with van der Waals surface area (Å²) in [4.78, 5) is 29.1. The van der Waals surface area contributed by atoms with Crippen LogP contribution in [0.25, 0.3) is 11.6 Å². The average Bonchev–Trinajstić information content (AvgIpc) is 3.21. The first-order chi connectivity index (χ1) is 11.5. The number of pyridine rings is 1. The topological polar surface area (TPSA) is 110 Å². The predicted molar refractivity (Wildman–Crippen MR) is 79.7 cm³/mol. The molecule has 1 atom stereocenters. The number of ether oxygens (including phenoxy) is 1. The van der Waals surface area contributed by atoms with E-state index in [2.05, 4.69) is 20.5 Å². The fourth-order valence-corrected chi connectivity index (χ4v) is 2.89. The number of hydrogen-bond acceptors (Lipinski definition) is 7. The molecule has 0 radical (unpaired) electrons. The summed E-state index contributed by atoms with van der Waals surface area (Å²) in [6.45, 7) is 2.91. The number of likely N-dealkylation sites (tertiary alicyclic amines) is 1. The first-order valence-electron chi connectivity index (χ1n) is 7.53. The van der Waals surface area contributed by atoms with Crippen LogP contribution in [0, 0.1) is 0 Å². The highest BCUT2D eigenvalue weighted by molar-refractivity contribution is 5.88. The summed E-state index contributed by atoms with van der Waals surface area (Å²) in [5.74, 6) is 0.662. The normalized spacial score (nSPS) is 21.8. The molecule has 9 heteroatoms. The van der Waals surface area contributed by atoms with Gasteiger partial charge in [-0.2, -0.15) is 0 Å². The van der Waals surface area contributed by atoms with E-state index in [1.165, 1.54) is 0 Å². The number of carbonyl (C=O) groups excluding carboxylic acids is 2. The number of cyclic esters (lactones) is 1. The van der Waals surface area contributed by atoms with Crippen LogP contribution in [-0.2, 0) is 14.9 Å². The smallest absolute Gasteiger partial charge is 0.407 e. The first-order valence-corrected chi connectivity index (χ1v) is 7.53. The Morgan fingerprint density at radius 2 is 2.21 bits per heavy atom. The molecule has 24 heavy (non-hydrogen) atoms. The van der Waals surface area contributed by atoms with Crippen molar-refractivity contribution >= 4 is 12.0 Å². The number of amides is 2. The van der Waals surface area contributed by atoms with Gasteiger partial charge in [-0.1, -0.05) is 6.07 Å². The van der Waals surface area contributed by atoms with Crippen LogP contribution >= 0.6 is 0 Å². The number of hydrogen-bond donors (Lipinski definition) is 1. The maximum absolute atomic E-state index is 12.3. The van der Waals surface area contributed by atoms with Gasteiger partial charge < -0.3 is 19.4 Å². The molecule has 124 valence electrons. The molecule has 0 aromatic carbocycles. The average molecular weight is 329 g/mol. The SMILES string of the molecule is CC1(c2nnc(-c3ccccn3)o2)CN(C(=O)C2COC(=O)N2)C1. The third kappa shape index (κ3) is 2.38. The second kappa shape index (κ2) is 5.29. The van der Waals surface area contributed by atoms with Gasteiger partial charge in [0.15, 0.2) is 0 Å². The van der Waals surface area contributed by atoms with Crippen LogP contribution in [0.4, 0.5) is 4.79 Å². The highest BCUT2D eigenvalue weighted by Gasteiger charge is 2.49.